The van der Waals surface area contributed by atoms with Crippen LogP contribution >= 0.6 is 0 Å². The summed E-state index contributed by atoms with van der Waals surface area (Å²) in [4.78, 5) is 2.28. The van der Waals surface area contributed by atoms with Crippen LogP contribution in [0.2, 0.25) is 0 Å². The summed E-state index contributed by atoms with van der Waals surface area (Å²) in [6.45, 7) is 2.03. The molecule has 1 N–H and O–H groups in total. The molecule has 0 aliphatic carbocycles. The SMILES string of the molecule is OCCCCCCCCN1CCC=C(c2ccc(F)cc2)c2ccc(F)cc21. The van der Waals surface area contributed by atoms with Crippen LogP contribution < -0.4 is 4.90 Å². The lowest BCUT2D eigenvalue weighted by molar-refractivity contribution is 0.282. The first kappa shape index (κ1) is 20.5. The Morgan fingerprint density at radius 3 is 2.25 bits per heavy atom. The zero-order valence-corrected chi connectivity index (χ0v) is 16.3. The second-order valence-corrected chi connectivity index (χ2v) is 7.41. The highest BCUT2D eigenvalue weighted by Crippen LogP contribution is 2.35. The average Bonchev–Trinajstić information content (AvgIpc) is 2.87. The van der Waals surface area contributed by atoms with E-state index in [0.717, 1.165) is 74.0 Å². The molecule has 0 saturated carbocycles. The molecule has 0 aromatic heterocycles. The normalized spacial score (nSPS) is 13.8. The van der Waals surface area contributed by atoms with Gasteiger partial charge in [0.05, 0.1) is 0 Å². The van der Waals surface area contributed by atoms with Crippen molar-refractivity contribution < 1.29 is 13.9 Å². The van der Waals surface area contributed by atoms with Gasteiger partial charge in [0.25, 0.3) is 0 Å². The van der Waals surface area contributed by atoms with Crippen LogP contribution in [0.5, 0.6) is 0 Å². The molecule has 0 saturated heterocycles. The maximum atomic E-state index is 14.0. The van der Waals surface area contributed by atoms with E-state index in [1.54, 1.807) is 18.2 Å². The topological polar surface area (TPSA) is 23.5 Å². The second kappa shape index (κ2) is 10.4. The van der Waals surface area contributed by atoms with Crippen LogP contribution in [-0.2, 0) is 0 Å². The average molecular weight is 385 g/mol. The van der Waals surface area contributed by atoms with Crippen LogP contribution in [0, 0.1) is 11.6 Å². The lowest BCUT2D eigenvalue weighted by atomic mass is 9.96. The third kappa shape index (κ3) is 5.41. The molecule has 0 fully saturated rings. The molecule has 3 rings (SSSR count). The van der Waals surface area contributed by atoms with Crippen LogP contribution in [0.3, 0.4) is 0 Å². The molecule has 0 atom stereocenters. The van der Waals surface area contributed by atoms with Gasteiger partial charge in [-0.05, 0) is 60.7 Å². The lowest BCUT2D eigenvalue weighted by Crippen LogP contribution is -2.25. The van der Waals surface area contributed by atoms with Gasteiger partial charge in [-0.15, -0.1) is 0 Å². The number of anilines is 1. The van der Waals surface area contributed by atoms with E-state index in [4.69, 9.17) is 5.11 Å². The number of hydrogen-bond donors (Lipinski definition) is 1. The molecule has 2 nitrogen and oxygen atoms in total. The van der Waals surface area contributed by atoms with E-state index in [9.17, 15) is 8.78 Å². The molecule has 4 heteroatoms. The number of halogens is 2. The fraction of sp³-hybridized carbons (Fsp3) is 0.417. The zero-order valence-electron chi connectivity index (χ0n) is 16.3. The van der Waals surface area contributed by atoms with Gasteiger partial charge in [0.15, 0.2) is 0 Å². The van der Waals surface area contributed by atoms with Crippen molar-refractivity contribution in [1.82, 2.24) is 0 Å². The van der Waals surface area contributed by atoms with Crippen molar-refractivity contribution in [2.45, 2.75) is 44.9 Å². The van der Waals surface area contributed by atoms with E-state index < -0.39 is 0 Å². The fourth-order valence-electron chi connectivity index (χ4n) is 3.85. The number of fused-ring (bicyclic) bond motifs is 1. The molecule has 0 unspecified atom stereocenters. The van der Waals surface area contributed by atoms with Gasteiger partial charge in [-0.25, -0.2) is 8.78 Å². The second-order valence-electron chi connectivity index (χ2n) is 7.41. The highest BCUT2D eigenvalue weighted by Gasteiger charge is 2.19. The summed E-state index contributed by atoms with van der Waals surface area (Å²) in [5, 5.41) is 8.84. The van der Waals surface area contributed by atoms with Crippen LogP contribution in [0.15, 0.2) is 48.5 Å². The van der Waals surface area contributed by atoms with Gasteiger partial charge in [-0.1, -0.05) is 43.9 Å². The number of nitrogens with zero attached hydrogens (tertiary/aromatic N) is 1. The molecule has 0 amide bonds. The Morgan fingerprint density at radius 2 is 1.50 bits per heavy atom. The largest absolute Gasteiger partial charge is 0.396 e. The van der Waals surface area contributed by atoms with Gasteiger partial charge in [-0.3, -0.25) is 0 Å². The number of benzene rings is 2. The highest BCUT2D eigenvalue weighted by atomic mass is 19.1. The standard InChI is InChI=1S/C24H29F2NO/c25-20-11-9-19(10-12-20)22-8-7-16-27(15-5-3-1-2-4-6-17-28)24-18-21(26)13-14-23(22)24/h8-14,18,28H,1-7,15-17H2. The van der Waals surface area contributed by atoms with Crippen LogP contribution in [0.25, 0.3) is 5.57 Å². The van der Waals surface area contributed by atoms with Gasteiger partial charge < -0.3 is 10.0 Å². The zero-order chi connectivity index (χ0) is 19.8. The monoisotopic (exact) mass is 385 g/mol. The minimum atomic E-state index is -0.252. The summed E-state index contributed by atoms with van der Waals surface area (Å²) in [7, 11) is 0. The van der Waals surface area contributed by atoms with Crippen molar-refractivity contribution in [3.8, 4) is 0 Å². The molecule has 1 aliphatic rings. The fourth-order valence-corrected chi connectivity index (χ4v) is 3.85. The van der Waals surface area contributed by atoms with E-state index in [-0.39, 0.29) is 18.2 Å². The molecule has 150 valence electrons. The maximum absolute atomic E-state index is 14.0. The van der Waals surface area contributed by atoms with Gasteiger partial charge in [0, 0.05) is 30.9 Å². The minimum Gasteiger partial charge on any atom is -0.396 e. The first-order valence-corrected chi connectivity index (χ1v) is 10.3. The summed E-state index contributed by atoms with van der Waals surface area (Å²) in [5.41, 5.74) is 3.93. The van der Waals surface area contributed by atoms with E-state index in [2.05, 4.69) is 11.0 Å². The predicted octanol–water partition coefficient (Wildman–Crippen LogP) is 5.94. The molecule has 2 aromatic carbocycles. The van der Waals surface area contributed by atoms with E-state index in [1.807, 2.05) is 6.07 Å². The van der Waals surface area contributed by atoms with E-state index in [1.165, 1.54) is 24.6 Å². The number of rotatable bonds is 9. The van der Waals surface area contributed by atoms with Crippen molar-refractivity contribution in [1.29, 1.82) is 0 Å². The Labute approximate surface area is 166 Å². The summed E-state index contributed by atoms with van der Waals surface area (Å²) in [6.07, 6.45) is 9.56. The van der Waals surface area contributed by atoms with Crippen LogP contribution in [0.4, 0.5) is 14.5 Å². The number of aliphatic hydroxyl groups excluding tert-OH is 1. The first-order chi connectivity index (χ1) is 13.7. The van der Waals surface area contributed by atoms with Crippen molar-refractivity contribution in [3.63, 3.8) is 0 Å². The minimum absolute atomic E-state index is 0.229. The molecule has 1 aliphatic heterocycles. The van der Waals surface area contributed by atoms with Crippen molar-refractivity contribution in [2.75, 3.05) is 24.6 Å². The molecular formula is C24H29F2NO. The Balaban J connectivity index is 1.71. The third-order valence-corrected chi connectivity index (χ3v) is 5.33. The predicted molar refractivity (Wildman–Crippen MR) is 111 cm³/mol. The van der Waals surface area contributed by atoms with Crippen molar-refractivity contribution >= 4 is 11.3 Å². The highest BCUT2D eigenvalue weighted by molar-refractivity contribution is 5.87. The molecule has 0 radical (unpaired) electrons. The van der Waals surface area contributed by atoms with E-state index in [0.29, 0.717) is 0 Å². The molecule has 0 bridgehead atoms. The summed E-state index contributed by atoms with van der Waals surface area (Å²) in [6, 6.07) is 11.5. The third-order valence-electron chi connectivity index (χ3n) is 5.33. The van der Waals surface area contributed by atoms with Crippen LogP contribution in [-0.4, -0.2) is 24.8 Å². The van der Waals surface area contributed by atoms with Crippen LogP contribution in [0.1, 0.15) is 56.1 Å². The van der Waals surface area contributed by atoms with E-state index >= 15 is 0 Å². The Morgan fingerprint density at radius 1 is 0.821 bits per heavy atom. The molecular weight excluding hydrogens is 356 g/mol. The molecule has 28 heavy (non-hydrogen) atoms. The summed E-state index contributed by atoms with van der Waals surface area (Å²) >= 11 is 0. The quantitative estimate of drug-likeness (QED) is 0.540. The number of aliphatic hydroxyl groups is 1. The van der Waals surface area contributed by atoms with Crippen molar-refractivity contribution in [3.05, 3.63) is 71.3 Å². The molecule has 2 aromatic rings. The van der Waals surface area contributed by atoms with Crippen molar-refractivity contribution in [2.24, 2.45) is 0 Å². The Bertz CT molecular complexity index is 786. The number of hydrogen-bond acceptors (Lipinski definition) is 2. The van der Waals surface area contributed by atoms with Gasteiger partial charge in [0.2, 0.25) is 0 Å². The maximum Gasteiger partial charge on any atom is 0.125 e. The first-order valence-electron chi connectivity index (χ1n) is 10.3. The van der Waals surface area contributed by atoms with Gasteiger partial charge in [0.1, 0.15) is 11.6 Å². The lowest BCUT2D eigenvalue weighted by Gasteiger charge is -2.25. The molecule has 0 spiro atoms. The Kier molecular flexibility index (Phi) is 7.61. The summed E-state index contributed by atoms with van der Waals surface area (Å²) in [5.74, 6) is -0.481. The Hall–Kier alpha value is -2.20. The van der Waals surface area contributed by atoms with Gasteiger partial charge >= 0.3 is 0 Å². The number of unbranched alkanes of at least 4 members (excludes halogenated alkanes) is 5. The summed E-state index contributed by atoms with van der Waals surface area (Å²) < 4.78 is 27.4. The van der Waals surface area contributed by atoms with Gasteiger partial charge in [-0.2, -0.15) is 0 Å². The smallest absolute Gasteiger partial charge is 0.125 e. The molecule has 1 heterocycles.